The first kappa shape index (κ1) is 70.5. The van der Waals surface area contributed by atoms with Crippen molar-refractivity contribution in [2.75, 3.05) is 121 Å². The number of ether oxygens (including phenoxy) is 3. The molecule has 0 saturated carbocycles. The maximum atomic E-state index is 13.3. The first-order valence-corrected chi connectivity index (χ1v) is 35.4. The fourth-order valence-electron chi connectivity index (χ4n) is 9.80. The summed E-state index contributed by atoms with van der Waals surface area (Å²) in [6.45, 7) is 14.1. The van der Waals surface area contributed by atoms with E-state index in [0.29, 0.717) is 50.6 Å². The van der Waals surface area contributed by atoms with Crippen LogP contribution in [0.2, 0.25) is 0 Å². The average Bonchev–Trinajstić information content (AvgIpc) is 1.64. The van der Waals surface area contributed by atoms with Gasteiger partial charge in [-0.1, -0.05) is 18.2 Å². The van der Waals surface area contributed by atoms with Gasteiger partial charge in [0, 0.05) is 156 Å². The molecule has 6 saturated heterocycles. The van der Waals surface area contributed by atoms with E-state index < -0.39 is 56.1 Å². The summed E-state index contributed by atoms with van der Waals surface area (Å²) in [6.07, 6.45) is -1.69. The Morgan fingerprint density at radius 3 is 0.781 bits per heavy atom. The van der Waals surface area contributed by atoms with Gasteiger partial charge in [0.2, 0.25) is 17.2 Å². The van der Waals surface area contributed by atoms with Crippen molar-refractivity contribution in [1.29, 1.82) is 0 Å². The highest BCUT2D eigenvalue weighted by Crippen LogP contribution is 2.65. The predicted octanol–water partition coefficient (Wildman–Crippen LogP) is 11.7. The van der Waals surface area contributed by atoms with Gasteiger partial charge in [-0.2, -0.15) is 0 Å². The molecule has 6 fully saturated rings. The molecule has 33 heteroatoms. The summed E-state index contributed by atoms with van der Waals surface area (Å²) in [7, 11) is 0.680. The van der Waals surface area contributed by atoms with Crippen LogP contribution >= 0.6 is 23.0 Å². The number of rotatable bonds is 27. The SMILES string of the molecule is CC(OP(=O)(N1CC1)N1CC1)c1ccc([N+](=O)[O-])c(Oc2cccc(C(=O)N(C)C)c2)c1.C[C@@H](OP(=O)(N1CC1)N1CC1)c1ccc([N+](=O)[O-])c(Oc2cccc(C(=O)N(C)C)c2)c1.C[C@H](OP(=O)(N1CC1)N1CC1)c1ccc([N+](=O)[O-])c(Oc2cccc(C(=O)N(C)C)c2)c1. The average molecular weight is 1380 g/mol. The van der Waals surface area contributed by atoms with Gasteiger partial charge >= 0.3 is 40.1 Å². The number of hydrogen-bond acceptors (Lipinski definition) is 18. The van der Waals surface area contributed by atoms with E-state index in [1.165, 1.54) is 69.3 Å². The second kappa shape index (κ2) is 29.2. The van der Waals surface area contributed by atoms with E-state index in [2.05, 4.69) is 0 Å². The Balaban J connectivity index is 0.000000157. The molecule has 0 N–H and O–H groups in total. The van der Waals surface area contributed by atoms with E-state index in [4.69, 9.17) is 27.8 Å². The molecule has 0 spiro atoms. The van der Waals surface area contributed by atoms with E-state index in [1.807, 2.05) is 28.0 Å². The van der Waals surface area contributed by atoms with Crippen molar-refractivity contribution >= 4 is 57.8 Å². The van der Waals surface area contributed by atoms with Crippen LogP contribution in [0, 0.1) is 30.3 Å². The third kappa shape index (κ3) is 17.1. The molecule has 510 valence electrons. The van der Waals surface area contributed by atoms with Crippen LogP contribution < -0.4 is 14.2 Å². The molecule has 0 bridgehead atoms. The van der Waals surface area contributed by atoms with Gasteiger partial charge in [0.05, 0.1) is 33.1 Å². The number of carbonyl (C=O) groups is 3. The Labute approximate surface area is 554 Å². The Hall–Kier alpha value is -8.34. The van der Waals surface area contributed by atoms with Crippen LogP contribution in [0.1, 0.15) is 86.8 Å². The number of nitrogens with zero attached hydrogens (tertiary/aromatic N) is 12. The Morgan fingerprint density at radius 2 is 0.594 bits per heavy atom. The molecule has 3 atom stereocenters. The van der Waals surface area contributed by atoms with Gasteiger partial charge in [-0.25, -0.2) is 28.0 Å². The topological polar surface area (TPSA) is 315 Å². The fourth-order valence-corrected chi connectivity index (χ4v) is 16.8. The van der Waals surface area contributed by atoms with Crippen LogP contribution in [0.3, 0.4) is 0 Å². The Bertz CT molecular complexity index is 3660. The summed E-state index contributed by atoms with van der Waals surface area (Å²) < 4.78 is 86.2. The third-order valence-corrected chi connectivity index (χ3v) is 24.1. The molecule has 6 aromatic carbocycles. The molecule has 12 rings (SSSR count). The van der Waals surface area contributed by atoms with E-state index >= 15 is 0 Å². The monoisotopic (exact) mass is 1380 g/mol. The Morgan fingerprint density at radius 1 is 0.375 bits per heavy atom. The molecule has 6 heterocycles. The molecular formula is C63H75N12O18P3. The highest BCUT2D eigenvalue weighted by Gasteiger charge is 2.52. The van der Waals surface area contributed by atoms with Crippen molar-refractivity contribution in [3.63, 3.8) is 0 Å². The van der Waals surface area contributed by atoms with Gasteiger partial charge in [0.15, 0.2) is 0 Å². The number of carbonyl (C=O) groups excluding carboxylic acids is 3. The second-order valence-corrected chi connectivity index (χ2v) is 30.8. The van der Waals surface area contributed by atoms with Crippen LogP contribution in [0.4, 0.5) is 17.1 Å². The molecule has 96 heavy (non-hydrogen) atoms. The lowest BCUT2D eigenvalue weighted by Crippen LogP contribution is -2.21. The maximum Gasteiger partial charge on any atom is 0.346 e. The summed E-state index contributed by atoms with van der Waals surface area (Å²) in [6, 6.07) is 32.7. The van der Waals surface area contributed by atoms with Crippen molar-refractivity contribution in [2.45, 2.75) is 39.1 Å². The minimum Gasteiger partial charge on any atom is -0.450 e. The molecule has 6 aromatic rings. The minimum atomic E-state index is -3.05. The zero-order chi connectivity index (χ0) is 69.1. The summed E-state index contributed by atoms with van der Waals surface area (Å²) >= 11 is 0. The summed E-state index contributed by atoms with van der Waals surface area (Å²) in [5, 5.41) is 34.7. The molecule has 30 nitrogen and oxygen atoms in total. The van der Waals surface area contributed by atoms with E-state index in [1.54, 1.807) is 136 Å². The lowest BCUT2D eigenvalue weighted by Gasteiger charge is -2.24. The Kier molecular flexibility index (Phi) is 21.4. The van der Waals surface area contributed by atoms with Crippen LogP contribution in [0.25, 0.3) is 0 Å². The molecular weight excluding hydrogens is 1310 g/mol. The highest BCUT2D eigenvalue weighted by atomic mass is 31.2. The normalized spacial score (nSPS) is 17.0. The first-order chi connectivity index (χ1) is 45.6. The van der Waals surface area contributed by atoms with Crippen molar-refractivity contribution in [2.24, 2.45) is 0 Å². The predicted molar refractivity (Wildman–Crippen MR) is 354 cm³/mol. The van der Waals surface area contributed by atoms with Gasteiger partial charge in [-0.3, -0.25) is 72.0 Å². The van der Waals surface area contributed by atoms with Crippen LogP contribution in [-0.4, -0.2) is 196 Å². The number of benzene rings is 6. The molecule has 0 aliphatic carbocycles. The van der Waals surface area contributed by atoms with Crippen LogP contribution in [0.15, 0.2) is 127 Å². The van der Waals surface area contributed by atoms with Gasteiger partial charge in [-0.15, -0.1) is 0 Å². The zero-order valence-corrected chi connectivity index (χ0v) is 57.1. The van der Waals surface area contributed by atoms with Gasteiger partial charge in [-0.05, 0) is 128 Å². The third-order valence-electron chi connectivity index (χ3n) is 15.7. The molecule has 6 aliphatic rings. The van der Waals surface area contributed by atoms with Crippen molar-refractivity contribution in [3.8, 4) is 34.5 Å². The van der Waals surface area contributed by atoms with E-state index in [0.717, 1.165) is 78.5 Å². The largest absolute Gasteiger partial charge is 0.450 e. The van der Waals surface area contributed by atoms with E-state index in [9.17, 15) is 58.4 Å². The van der Waals surface area contributed by atoms with Gasteiger partial charge in [0.1, 0.15) is 17.2 Å². The number of nitro benzene ring substituents is 3. The quantitative estimate of drug-likeness (QED) is 0.0200. The van der Waals surface area contributed by atoms with Crippen LogP contribution in [-0.2, 0) is 27.3 Å². The summed E-state index contributed by atoms with van der Waals surface area (Å²) in [5.41, 5.74) is 2.38. The van der Waals surface area contributed by atoms with Gasteiger partial charge in [0.25, 0.3) is 17.7 Å². The molecule has 0 aromatic heterocycles. The van der Waals surface area contributed by atoms with Crippen LogP contribution in [0.5, 0.6) is 34.5 Å². The maximum absolute atomic E-state index is 13.3. The molecule has 3 amide bonds. The first-order valence-electron chi connectivity index (χ1n) is 30.8. The summed E-state index contributed by atoms with van der Waals surface area (Å²) in [4.78, 5) is 74.1. The standard InChI is InChI=1S/3C21H25N4O6P/c3*1-15(31-32(29,23-9-10-23)24-11-12-24)16-7-8-19(25(27)28)20(14-16)30-18-6-4-5-17(13-18)21(26)22(2)3/h3*4-8,13-15H,9-12H2,1-3H3/t2*15-;/m10./s1. The number of nitro groups is 3. The minimum absolute atomic E-state index is 0.0192. The lowest BCUT2D eigenvalue weighted by atomic mass is 10.1. The second-order valence-electron chi connectivity index (χ2n) is 23.9. The number of amides is 3. The van der Waals surface area contributed by atoms with Gasteiger partial charge < -0.3 is 28.9 Å². The fraction of sp³-hybridized carbons (Fsp3) is 0.381. The molecule has 0 radical (unpaired) electrons. The lowest BCUT2D eigenvalue weighted by molar-refractivity contribution is -0.385. The zero-order valence-electron chi connectivity index (χ0n) is 54.4. The van der Waals surface area contributed by atoms with E-state index in [-0.39, 0.29) is 52.0 Å². The van der Waals surface area contributed by atoms with Crippen molar-refractivity contribution in [3.05, 3.63) is 191 Å². The van der Waals surface area contributed by atoms with Crippen molar-refractivity contribution < 1.29 is 70.6 Å². The number of hydrogen-bond donors (Lipinski definition) is 0. The highest BCUT2D eigenvalue weighted by molar-refractivity contribution is 7.55. The molecule has 6 aliphatic heterocycles. The smallest absolute Gasteiger partial charge is 0.346 e. The molecule has 1 unspecified atom stereocenters. The van der Waals surface area contributed by atoms with Crippen molar-refractivity contribution in [1.82, 2.24) is 42.7 Å². The summed E-state index contributed by atoms with van der Waals surface area (Å²) in [5.74, 6) is 0.327.